The number of benzene rings is 1. The van der Waals surface area contributed by atoms with Crippen LogP contribution in [0.1, 0.15) is 38.2 Å². The van der Waals surface area contributed by atoms with Gasteiger partial charge < -0.3 is 9.64 Å². The van der Waals surface area contributed by atoms with Crippen molar-refractivity contribution in [2.75, 3.05) is 26.7 Å². The van der Waals surface area contributed by atoms with Gasteiger partial charge in [-0.2, -0.15) is 0 Å². The third-order valence-electron chi connectivity index (χ3n) is 5.51. The molecule has 0 radical (unpaired) electrons. The second-order valence-corrected chi connectivity index (χ2v) is 6.48. The highest BCUT2D eigenvalue weighted by Crippen LogP contribution is 2.48. The maximum atomic E-state index is 12.2. The van der Waals surface area contributed by atoms with Crippen LogP contribution >= 0.6 is 12.4 Å². The fourth-order valence-corrected chi connectivity index (χ4v) is 4.22. The number of rotatable bonds is 3. The summed E-state index contributed by atoms with van der Waals surface area (Å²) < 4.78 is 5.40. The zero-order chi connectivity index (χ0) is 14.9. The number of carbonyl (C=O) groups is 1. The quantitative estimate of drug-likeness (QED) is 0.853. The first-order valence-corrected chi connectivity index (χ1v) is 8.06. The Labute approximate surface area is 139 Å². The molecule has 3 rings (SSSR count). The second-order valence-electron chi connectivity index (χ2n) is 6.48. The summed E-state index contributed by atoms with van der Waals surface area (Å²) >= 11 is 0. The summed E-state index contributed by atoms with van der Waals surface area (Å²) in [6.45, 7) is 5.56. The third-order valence-corrected chi connectivity index (χ3v) is 5.51. The highest BCUT2D eigenvalue weighted by atomic mass is 35.5. The number of methoxy groups -OCH3 is 1. The van der Waals surface area contributed by atoms with E-state index < -0.39 is 0 Å². The van der Waals surface area contributed by atoms with Crippen LogP contribution in [0.5, 0.6) is 5.75 Å². The van der Waals surface area contributed by atoms with Crippen LogP contribution in [-0.2, 0) is 10.2 Å². The molecule has 1 aliphatic carbocycles. The minimum Gasteiger partial charge on any atom is -0.497 e. The lowest BCUT2D eigenvalue weighted by atomic mass is 9.59. The van der Waals surface area contributed by atoms with Crippen molar-refractivity contribution in [2.45, 2.75) is 38.0 Å². The van der Waals surface area contributed by atoms with Crippen LogP contribution in [0.25, 0.3) is 0 Å². The summed E-state index contributed by atoms with van der Waals surface area (Å²) in [5.41, 5.74) is 1.34. The van der Waals surface area contributed by atoms with Crippen molar-refractivity contribution in [3.05, 3.63) is 29.8 Å². The van der Waals surface area contributed by atoms with Gasteiger partial charge in [0.05, 0.1) is 7.11 Å². The van der Waals surface area contributed by atoms with E-state index in [0.29, 0.717) is 18.1 Å². The number of hydrogen-bond acceptors (Lipinski definition) is 3. The van der Waals surface area contributed by atoms with E-state index in [1.165, 1.54) is 5.56 Å². The molecule has 1 aromatic carbocycles. The molecule has 4 heteroatoms. The normalized spacial score (nSPS) is 28.6. The molecule has 2 unspecified atom stereocenters. The van der Waals surface area contributed by atoms with Crippen LogP contribution in [0.2, 0.25) is 0 Å². The third kappa shape index (κ3) is 3.02. The number of carbonyl (C=O) groups excluding carboxylic acids is 1. The molecule has 2 fully saturated rings. The van der Waals surface area contributed by atoms with Gasteiger partial charge in [0, 0.05) is 24.8 Å². The van der Waals surface area contributed by atoms with Crippen molar-refractivity contribution >= 4 is 18.2 Å². The number of Topliss-reactive ketones (excluding diaryl/α,β-unsaturated/α-hetero) is 1. The van der Waals surface area contributed by atoms with Crippen molar-refractivity contribution in [3.8, 4) is 5.75 Å². The molecule has 122 valence electrons. The molecule has 0 bridgehead atoms. The summed E-state index contributed by atoms with van der Waals surface area (Å²) in [5, 5.41) is 0. The van der Waals surface area contributed by atoms with Gasteiger partial charge in [-0.3, -0.25) is 4.79 Å². The van der Waals surface area contributed by atoms with Gasteiger partial charge in [-0.05, 0) is 49.5 Å². The minimum atomic E-state index is 0. The second kappa shape index (κ2) is 7.01. The first-order chi connectivity index (χ1) is 10.2. The lowest BCUT2D eigenvalue weighted by Crippen LogP contribution is -2.52. The molecule has 1 aromatic rings. The van der Waals surface area contributed by atoms with E-state index in [0.717, 1.165) is 44.6 Å². The van der Waals surface area contributed by atoms with Crippen LogP contribution in [0.15, 0.2) is 24.3 Å². The SMILES string of the molecule is CCN1CCC2(c3cccc(OC)c3)CC(=O)CCC2C1.Cl. The zero-order valence-corrected chi connectivity index (χ0v) is 14.3. The average molecular weight is 324 g/mol. The summed E-state index contributed by atoms with van der Waals surface area (Å²) in [4.78, 5) is 14.7. The maximum Gasteiger partial charge on any atom is 0.133 e. The molecule has 1 saturated carbocycles. The van der Waals surface area contributed by atoms with E-state index >= 15 is 0 Å². The minimum absolute atomic E-state index is 0. The fourth-order valence-electron chi connectivity index (χ4n) is 4.22. The Kier molecular flexibility index (Phi) is 5.51. The molecule has 0 amide bonds. The fraction of sp³-hybridized carbons (Fsp3) is 0.611. The number of ether oxygens (including phenoxy) is 1. The molecule has 3 nitrogen and oxygen atoms in total. The van der Waals surface area contributed by atoms with Gasteiger partial charge >= 0.3 is 0 Å². The van der Waals surface area contributed by atoms with E-state index in [9.17, 15) is 4.79 Å². The molecule has 1 aliphatic heterocycles. The lowest BCUT2D eigenvalue weighted by molar-refractivity contribution is -0.125. The largest absolute Gasteiger partial charge is 0.497 e. The molecule has 2 atom stereocenters. The summed E-state index contributed by atoms with van der Waals surface area (Å²) in [6.07, 6.45) is 3.59. The standard InChI is InChI=1S/C18H25NO2.ClH/c1-3-19-10-9-18(12-16(20)8-7-15(18)13-19)14-5-4-6-17(11-14)21-2;/h4-6,11,15H,3,7-10,12-13H2,1-2H3;1H. The summed E-state index contributed by atoms with van der Waals surface area (Å²) in [5.74, 6) is 1.92. The van der Waals surface area contributed by atoms with Crippen molar-refractivity contribution in [3.63, 3.8) is 0 Å². The molecule has 0 N–H and O–H groups in total. The van der Waals surface area contributed by atoms with Gasteiger partial charge in [-0.1, -0.05) is 19.1 Å². The number of hydrogen-bond donors (Lipinski definition) is 0. The van der Waals surface area contributed by atoms with Gasteiger partial charge in [0.2, 0.25) is 0 Å². The molecular weight excluding hydrogens is 298 g/mol. The lowest BCUT2D eigenvalue weighted by Gasteiger charge is -2.50. The van der Waals surface area contributed by atoms with Crippen molar-refractivity contribution < 1.29 is 9.53 Å². The Balaban J connectivity index is 0.00000176. The van der Waals surface area contributed by atoms with Crippen molar-refractivity contribution in [2.24, 2.45) is 5.92 Å². The van der Waals surface area contributed by atoms with Gasteiger partial charge in [0.15, 0.2) is 0 Å². The first-order valence-electron chi connectivity index (χ1n) is 8.06. The highest BCUT2D eigenvalue weighted by Gasteiger charge is 2.47. The Morgan fingerprint density at radius 2 is 2.23 bits per heavy atom. The molecule has 2 aliphatic rings. The zero-order valence-electron chi connectivity index (χ0n) is 13.5. The topological polar surface area (TPSA) is 29.5 Å². The Bertz CT molecular complexity index is 534. The summed E-state index contributed by atoms with van der Waals surface area (Å²) in [6, 6.07) is 8.38. The number of fused-ring (bicyclic) bond motifs is 1. The molecule has 1 heterocycles. The number of halogens is 1. The Morgan fingerprint density at radius 3 is 2.95 bits per heavy atom. The Hall–Kier alpha value is -1.06. The van der Waals surface area contributed by atoms with Crippen molar-refractivity contribution in [1.82, 2.24) is 4.90 Å². The average Bonchev–Trinajstić information content (AvgIpc) is 2.54. The number of piperidine rings is 1. The molecule has 22 heavy (non-hydrogen) atoms. The molecule has 0 aromatic heterocycles. The highest BCUT2D eigenvalue weighted by molar-refractivity contribution is 5.85. The Morgan fingerprint density at radius 1 is 1.41 bits per heavy atom. The summed E-state index contributed by atoms with van der Waals surface area (Å²) in [7, 11) is 1.71. The van der Waals surface area contributed by atoms with Gasteiger partial charge in [0.1, 0.15) is 11.5 Å². The van der Waals surface area contributed by atoms with Crippen LogP contribution in [0, 0.1) is 5.92 Å². The molecular formula is C18H26ClNO2. The van der Waals surface area contributed by atoms with Crippen LogP contribution in [-0.4, -0.2) is 37.4 Å². The van der Waals surface area contributed by atoms with Crippen LogP contribution in [0.3, 0.4) is 0 Å². The van der Waals surface area contributed by atoms with E-state index in [-0.39, 0.29) is 17.8 Å². The van der Waals surface area contributed by atoms with Crippen LogP contribution in [0.4, 0.5) is 0 Å². The molecule has 0 spiro atoms. The van der Waals surface area contributed by atoms with Gasteiger partial charge in [-0.15, -0.1) is 12.4 Å². The smallest absolute Gasteiger partial charge is 0.133 e. The number of ketones is 1. The first kappa shape index (κ1) is 17.3. The maximum absolute atomic E-state index is 12.2. The predicted octanol–water partition coefficient (Wildman–Crippen LogP) is 3.45. The van der Waals surface area contributed by atoms with Gasteiger partial charge in [0.25, 0.3) is 0 Å². The predicted molar refractivity (Wildman–Crippen MR) is 91.0 cm³/mol. The number of likely N-dealkylation sites (tertiary alicyclic amines) is 1. The van der Waals surface area contributed by atoms with Crippen LogP contribution < -0.4 is 4.74 Å². The van der Waals surface area contributed by atoms with E-state index in [1.54, 1.807) is 7.11 Å². The monoisotopic (exact) mass is 323 g/mol. The molecule has 1 saturated heterocycles. The van der Waals surface area contributed by atoms with E-state index in [1.807, 2.05) is 6.07 Å². The van der Waals surface area contributed by atoms with E-state index in [2.05, 4.69) is 30.0 Å². The van der Waals surface area contributed by atoms with Crippen molar-refractivity contribution in [1.29, 1.82) is 0 Å². The van der Waals surface area contributed by atoms with E-state index in [4.69, 9.17) is 4.74 Å². The van der Waals surface area contributed by atoms with Gasteiger partial charge in [-0.25, -0.2) is 0 Å². The number of nitrogens with zero attached hydrogens (tertiary/aromatic N) is 1.